The number of hydrogen-bond donors (Lipinski definition) is 15. The summed E-state index contributed by atoms with van der Waals surface area (Å²) < 4.78 is 50.9. The maximum atomic E-state index is 14.3. The number of hydrogen-bond acceptors (Lipinski definition) is 25. The van der Waals surface area contributed by atoms with Gasteiger partial charge >= 0.3 is 0 Å². The molecule has 4 saturated heterocycles. The van der Waals surface area contributed by atoms with Gasteiger partial charge in [0.15, 0.2) is 18.3 Å². The number of benzene rings is 2. The highest BCUT2D eigenvalue weighted by molar-refractivity contribution is 5.88. The highest BCUT2D eigenvalue weighted by Gasteiger charge is 2.52. The summed E-state index contributed by atoms with van der Waals surface area (Å²) in [4.78, 5) is 14.3. The largest absolute Gasteiger partial charge is 0.508 e. The van der Waals surface area contributed by atoms with E-state index in [2.05, 4.69) is 0 Å². The van der Waals surface area contributed by atoms with Crippen molar-refractivity contribution in [2.75, 3.05) is 19.8 Å². The van der Waals surface area contributed by atoms with E-state index in [1.165, 1.54) is 31.2 Å². The Morgan fingerprint density at radius 2 is 1.11 bits per heavy atom. The smallest absolute Gasteiger partial charge is 0.239 e. The Balaban J connectivity index is 1.16. The number of aliphatic hydroxyl groups excluding tert-OH is 13. The highest BCUT2D eigenvalue weighted by Crippen LogP contribution is 2.39. The molecule has 0 bridgehead atoms. The first-order valence-corrected chi connectivity index (χ1v) is 19.9. The SMILES string of the molecule is CC1OC(Oc2cc(O)c3c(=O)c(OC4OC(COC5OC(CO)C(O)C(O)C5O)C(O)C(O)C4O)c(-c4ccc(O)cc4)oc3c2)C(O)C(OC2OC(CO)C(O)C(O)C2O)C1O. The molecule has 20 atom stereocenters. The zero-order valence-corrected chi connectivity index (χ0v) is 33.4. The Bertz CT molecular complexity index is 2100. The van der Waals surface area contributed by atoms with Crippen LogP contribution in [0.4, 0.5) is 0 Å². The van der Waals surface area contributed by atoms with E-state index in [-0.39, 0.29) is 22.6 Å². The van der Waals surface area contributed by atoms with Gasteiger partial charge in [-0.1, -0.05) is 0 Å². The number of phenols is 2. The minimum Gasteiger partial charge on any atom is -0.508 e. The van der Waals surface area contributed by atoms with Crippen LogP contribution in [0.15, 0.2) is 45.6 Å². The van der Waals surface area contributed by atoms with Gasteiger partial charge in [-0.2, -0.15) is 0 Å². The zero-order valence-electron chi connectivity index (χ0n) is 33.4. The van der Waals surface area contributed by atoms with E-state index in [1.54, 1.807) is 0 Å². The van der Waals surface area contributed by atoms with E-state index < -0.39 is 171 Å². The van der Waals surface area contributed by atoms with Crippen molar-refractivity contribution in [2.24, 2.45) is 0 Å². The van der Waals surface area contributed by atoms with Crippen molar-refractivity contribution < 1.29 is 119 Å². The number of fused-ring (bicyclic) bond motifs is 1. The molecule has 25 nitrogen and oxygen atoms in total. The van der Waals surface area contributed by atoms with E-state index in [4.69, 9.17) is 42.3 Å². The fourth-order valence-corrected chi connectivity index (χ4v) is 7.62. The van der Waals surface area contributed by atoms with Crippen molar-refractivity contribution in [3.05, 3.63) is 46.6 Å². The van der Waals surface area contributed by atoms with Gasteiger partial charge in [0.1, 0.15) is 120 Å². The van der Waals surface area contributed by atoms with Crippen LogP contribution in [0, 0.1) is 0 Å². The van der Waals surface area contributed by atoms with Crippen LogP contribution in [0.25, 0.3) is 22.3 Å². The van der Waals surface area contributed by atoms with Crippen LogP contribution in [-0.4, -0.2) is 219 Å². The molecule has 4 fully saturated rings. The number of phenolic OH excluding ortho intramolecular Hbond substituents is 2. The lowest BCUT2D eigenvalue weighted by molar-refractivity contribution is -0.350. The Kier molecular flexibility index (Phi) is 14.6. The van der Waals surface area contributed by atoms with Gasteiger partial charge in [0.2, 0.25) is 23.8 Å². The van der Waals surface area contributed by atoms with Crippen LogP contribution in [0.3, 0.4) is 0 Å². The molecule has 15 N–H and O–H groups in total. The Morgan fingerprint density at radius 1 is 0.578 bits per heavy atom. The topological polar surface area (TPSA) is 408 Å². The fraction of sp³-hybridized carbons (Fsp3) is 0.615. The minimum absolute atomic E-state index is 0.0630. The van der Waals surface area contributed by atoms with Crippen molar-refractivity contribution in [2.45, 2.75) is 130 Å². The summed E-state index contributed by atoms with van der Waals surface area (Å²) in [6.07, 6.45) is -34.6. The molecule has 64 heavy (non-hydrogen) atoms. The van der Waals surface area contributed by atoms with Crippen LogP contribution in [-0.2, 0) is 28.4 Å². The highest BCUT2D eigenvalue weighted by atomic mass is 16.7. The van der Waals surface area contributed by atoms with Gasteiger partial charge in [-0.15, -0.1) is 0 Å². The summed E-state index contributed by atoms with van der Waals surface area (Å²) in [6.45, 7) is -0.913. The maximum absolute atomic E-state index is 14.3. The van der Waals surface area contributed by atoms with Gasteiger partial charge in [0, 0.05) is 17.7 Å². The normalized spacial score (nSPS) is 40.6. The van der Waals surface area contributed by atoms with E-state index in [1.807, 2.05) is 0 Å². The molecule has 4 aliphatic heterocycles. The van der Waals surface area contributed by atoms with Crippen LogP contribution in [0.2, 0.25) is 0 Å². The quantitative estimate of drug-likeness (QED) is 0.0804. The second kappa shape index (κ2) is 19.5. The number of rotatable bonds is 12. The standard InChI is InChI=1S/C39H50O25/c1-11-21(44)34(63-37-30(53)27(50)23(46)18(9-41)61-37)32(55)39(57-11)58-14-6-15(43)20-16(7-14)59-33(12-2-4-13(42)5-3-12)35(25(20)48)64-38-31(54)28(51)24(47)19(62-38)10-56-36-29(52)26(49)22(45)17(8-40)60-36/h2-7,11,17-19,21-24,26-32,34,36-47,49-55H,8-10H2,1H3. The zero-order chi connectivity index (χ0) is 46.5. The van der Waals surface area contributed by atoms with Crippen LogP contribution in [0.1, 0.15) is 6.92 Å². The van der Waals surface area contributed by atoms with Gasteiger partial charge in [0.05, 0.1) is 25.9 Å². The van der Waals surface area contributed by atoms with E-state index in [0.29, 0.717) is 0 Å². The number of aromatic hydroxyl groups is 2. The first-order valence-electron chi connectivity index (χ1n) is 19.9. The molecular weight excluding hydrogens is 868 g/mol. The number of ether oxygens (including phenoxy) is 8. The third-order valence-corrected chi connectivity index (χ3v) is 11.4. The molecule has 0 saturated carbocycles. The van der Waals surface area contributed by atoms with Gasteiger partial charge in [-0.25, -0.2) is 0 Å². The molecule has 0 amide bonds. The van der Waals surface area contributed by atoms with Gasteiger partial charge < -0.3 is 119 Å². The molecule has 0 radical (unpaired) electrons. The molecule has 0 aliphatic carbocycles. The molecule has 7 rings (SSSR count). The van der Waals surface area contributed by atoms with E-state index in [9.17, 15) is 81.4 Å². The second-order valence-electron chi connectivity index (χ2n) is 15.7. The summed E-state index contributed by atoms with van der Waals surface area (Å²) in [5, 5.41) is 156. The van der Waals surface area contributed by atoms with E-state index in [0.717, 1.165) is 12.1 Å². The average molecular weight is 919 g/mol. The molecule has 2 aromatic carbocycles. The number of aliphatic hydroxyl groups is 13. The molecule has 5 heterocycles. The van der Waals surface area contributed by atoms with E-state index >= 15 is 0 Å². The monoisotopic (exact) mass is 918 g/mol. The molecule has 4 aliphatic rings. The van der Waals surface area contributed by atoms with Crippen molar-refractivity contribution in [3.8, 4) is 34.3 Å². The summed E-state index contributed by atoms with van der Waals surface area (Å²) in [5.41, 5.74) is -1.42. The minimum atomic E-state index is -2.07. The average Bonchev–Trinajstić information content (AvgIpc) is 3.27. The van der Waals surface area contributed by atoms with Crippen LogP contribution in [0.5, 0.6) is 23.0 Å². The predicted molar refractivity (Wildman–Crippen MR) is 204 cm³/mol. The lowest BCUT2D eigenvalue weighted by Gasteiger charge is -2.45. The third kappa shape index (κ3) is 9.25. The van der Waals surface area contributed by atoms with Crippen molar-refractivity contribution >= 4 is 11.0 Å². The third-order valence-electron chi connectivity index (χ3n) is 11.4. The molecule has 20 unspecified atom stereocenters. The van der Waals surface area contributed by atoms with Crippen molar-refractivity contribution in [1.29, 1.82) is 0 Å². The Labute approximate surface area is 360 Å². The molecular formula is C39H50O25. The predicted octanol–water partition coefficient (Wildman–Crippen LogP) is -6.10. The summed E-state index contributed by atoms with van der Waals surface area (Å²) in [5.74, 6) is -2.44. The van der Waals surface area contributed by atoms with Gasteiger partial charge in [-0.05, 0) is 31.2 Å². The molecule has 356 valence electrons. The first kappa shape index (κ1) is 48.0. The molecule has 1 aromatic heterocycles. The van der Waals surface area contributed by atoms with Crippen LogP contribution < -0.4 is 14.9 Å². The second-order valence-corrected chi connectivity index (χ2v) is 15.7. The lowest BCUT2D eigenvalue weighted by Crippen LogP contribution is -2.64. The molecule has 3 aromatic rings. The fourth-order valence-electron chi connectivity index (χ4n) is 7.62. The maximum Gasteiger partial charge on any atom is 0.239 e. The summed E-state index contributed by atoms with van der Waals surface area (Å²) >= 11 is 0. The Morgan fingerprint density at radius 3 is 1.72 bits per heavy atom. The summed E-state index contributed by atoms with van der Waals surface area (Å²) in [7, 11) is 0. The Hall–Kier alpha value is -3.91. The summed E-state index contributed by atoms with van der Waals surface area (Å²) in [6, 6.07) is 7.06. The first-order chi connectivity index (χ1) is 30.3. The molecule has 25 heteroatoms. The van der Waals surface area contributed by atoms with Gasteiger partial charge in [-0.3, -0.25) is 4.79 Å². The van der Waals surface area contributed by atoms with Crippen LogP contribution >= 0.6 is 0 Å². The molecule has 0 spiro atoms. The van der Waals surface area contributed by atoms with Gasteiger partial charge in [0.25, 0.3) is 0 Å². The lowest BCUT2D eigenvalue weighted by atomic mass is 9.97. The van der Waals surface area contributed by atoms with Crippen molar-refractivity contribution in [1.82, 2.24) is 0 Å². The van der Waals surface area contributed by atoms with Crippen molar-refractivity contribution in [3.63, 3.8) is 0 Å².